The quantitative estimate of drug-likeness (QED) is 0.720. The fourth-order valence-corrected chi connectivity index (χ4v) is 3.96. The lowest BCUT2D eigenvalue weighted by Gasteiger charge is -2.11. The first-order valence-electron chi connectivity index (χ1n) is 9.74. The molecule has 0 saturated heterocycles. The van der Waals surface area contributed by atoms with Crippen LogP contribution in [0.1, 0.15) is 45.6 Å². The highest BCUT2D eigenvalue weighted by Gasteiger charge is 2.16. The number of hydrogen-bond acceptors (Lipinski definition) is 2. The van der Waals surface area contributed by atoms with Crippen LogP contribution in [0.3, 0.4) is 0 Å². The summed E-state index contributed by atoms with van der Waals surface area (Å²) < 4.78 is 0. The molecule has 0 radical (unpaired) electrons. The molecule has 0 fully saturated rings. The standard InChI is InChI=1S/C23H27N3O/c1-26(2)15-17-9-7-16(8-10-17)14-24-23(27)18-11-12-22-20(13-18)19-5-3-4-6-21(19)25-22/h7-13,25H,3-6,14-15H2,1-2H3,(H,24,27). The van der Waals surface area contributed by atoms with Crippen molar-refractivity contribution in [2.24, 2.45) is 0 Å². The molecular weight excluding hydrogens is 334 g/mol. The van der Waals surface area contributed by atoms with E-state index >= 15 is 0 Å². The van der Waals surface area contributed by atoms with Crippen molar-refractivity contribution in [3.8, 4) is 0 Å². The van der Waals surface area contributed by atoms with Crippen LogP contribution in [0.4, 0.5) is 0 Å². The van der Waals surface area contributed by atoms with E-state index in [1.165, 1.54) is 35.0 Å². The molecule has 4 nitrogen and oxygen atoms in total. The molecule has 1 heterocycles. The largest absolute Gasteiger partial charge is 0.358 e. The van der Waals surface area contributed by atoms with Gasteiger partial charge in [0.25, 0.3) is 5.91 Å². The lowest BCUT2D eigenvalue weighted by Crippen LogP contribution is -2.22. The van der Waals surface area contributed by atoms with Crippen molar-refractivity contribution < 1.29 is 4.79 Å². The van der Waals surface area contributed by atoms with E-state index in [0.29, 0.717) is 6.54 Å². The lowest BCUT2D eigenvalue weighted by molar-refractivity contribution is 0.0951. The zero-order valence-electron chi connectivity index (χ0n) is 16.1. The van der Waals surface area contributed by atoms with Crippen LogP contribution in [-0.2, 0) is 25.9 Å². The molecule has 0 saturated carbocycles. The Morgan fingerprint density at radius 2 is 1.78 bits per heavy atom. The van der Waals surface area contributed by atoms with Gasteiger partial charge in [0.05, 0.1) is 0 Å². The van der Waals surface area contributed by atoms with Crippen LogP contribution in [0.25, 0.3) is 10.9 Å². The highest BCUT2D eigenvalue weighted by Crippen LogP contribution is 2.29. The molecule has 2 N–H and O–H groups in total. The molecule has 27 heavy (non-hydrogen) atoms. The molecule has 1 aromatic heterocycles. The minimum absolute atomic E-state index is 0.0139. The first-order chi connectivity index (χ1) is 13.1. The maximum absolute atomic E-state index is 12.6. The molecule has 0 spiro atoms. The monoisotopic (exact) mass is 361 g/mol. The number of rotatable bonds is 5. The summed E-state index contributed by atoms with van der Waals surface area (Å²) in [5.74, 6) is -0.0139. The summed E-state index contributed by atoms with van der Waals surface area (Å²) >= 11 is 0. The molecule has 3 aromatic rings. The van der Waals surface area contributed by atoms with Crippen LogP contribution in [0.2, 0.25) is 0 Å². The maximum Gasteiger partial charge on any atom is 0.251 e. The van der Waals surface area contributed by atoms with Crippen LogP contribution < -0.4 is 5.32 Å². The smallest absolute Gasteiger partial charge is 0.251 e. The van der Waals surface area contributed by atoms with Gasteiger partial charge in [0.15, 0.2) is 0 Å². The Hall–Kier alpha value is -2.59. The van der Waals surface area contributed by atoms with E-state index in [0.717, 1.165) is 36.0 Å². The molecule has 1 aliphatic carbocycles. The number of hydrogen-bond donors (Lipinski definition) is 2. The summed E-state index contributed by atoms with van der Waals surface area (Å²) in [4.78, 5) is 18.3. The average molecular weight is 361 g/mol. The number of carbonyl (C=O) groups is 1. The second kappa shape index (κ2) is 7.57. The van der Waals surface area contributed by atoms with Gasteiger partial charge in [-0.3, -0.25) is 4.79 Å². The Morgan fingerprint density at radius 1 is 1.04 bits per heavy atom. The Kier molecular flexibility index (Phi) is 4.99. The fourth-order valence-electron chi connectivity index (χ4n) is 3.96. The summed E-state index contributed by atoms with van der Waals surface area (Å²) in [6, 6.07) is 14.4. The second-order valence-corrected chi connectivity index (χ2v) is 7.79. The Balaban J connectivity index is 1.45. The van der Waals surface area contributed by atoms with Crippen LogP contribution in [0.5, 0.6) is 0 Å². The zero-order valence-corrected chi connectivity index (χ0v) is 16.1. The molecule has 0 aliphatic heterocycles. The van der Waals surface area contributed by atoms with Gasteiger partial charge in [-0.25, -0.2) is 0 Å². The number of aromatic amines is 1. The van der Waals surface area contributed by atoms with Crippen molar-refractivity contribution in [2.45, 2.75) is 38.8 Å². The third kappa shape index (κ3) is 3.91. The summed E-state index contributed by atoms with van der Waals surface area (Å²) in [6.45, 7) is 1.47. The fraction of sp³-hybridized carbons (Fsp3) is 0.348. The topological polar surface area (TPSA) is 48.1 Å². The number of benzene rings is 2. The molecule has 4 heteroatoms. The van der Waals surface area contributed by atoms with Crippen molar-refractivity contribution in [1.82, 2.24) is 15.2 Å². The van der Waals surface area contributed by atoms with E-state index in [4.69, 9.17) is 0 Å². The maximum atomic E-state index is 12.6. The van der Waals surface area contributed by atoms with Crippen LogP contribution in [-0.4, -0.2) is 29.9 Å². The summed E-state index contributed by atoms with van der Waals surface area (Å²) in [7, 11) is 4.12. The Labute approximate surface area is 160 Å². The van der Waals surface area contributed by atoms with Gasteiger partial charge in [-0.15, -0.1) is 0 Å². The first-order valence-corrected chi connectivity index (χ1v) is 9.74. The molecule has 0 bridgehead atoms. The van der Waals surface area contributed by atoms with Crippen molar-refractivity contribution in [1.29, 1.82) is 0 Å². The number of aryl methyl sites for hydroxylation is 2. The number of H-pyrrole nitrogens is 1. The molecule has 1 amide bonds. The molecular formula is C23H27N3O. The summed E-state index contributed by atoms with van der Waals surface area (Å²) in [6.07, 6.45) is 4.72. The third-order valence-corrected chi connectivity index (χ3v) is 5.34. The number of carbonyl (C=O) groups excluding carboxylic acids is 1. The number of amides is 1. The minimum atomic E-state index is -0.0139. The molecule has 0 atom stereocenters. The zero-order chi connectivity index (χ0) is 18.8. The first kappa shape index (κ1) is 17.8. The van der Waals surface area contributed by atoms with Gasteiger partial charge >= 0.3 is 0 Å². The van der Waals surface area contributed by atoms with Gasteiger partial charge in [-0.1, -0.05) is 24.3 Å². The predicted octanol–water partition coefficient (Wildman–Crippen LogP) is 4.04. The van der Waals surface area contributed by atoms with Crippen molar-refractivity contribution in [3.05, 3.63) is 70.4 Å². The van der Waals surface area contributed by atoms with Crippen LogP contribution in [0, 0.1) is 0 Å². The summed E-state index contributed by atoms with van der Waals surface area (Å²) in [5, 5.41) is 4.27. The number of nitrogens with one attached hydrogen (secondary N) is 2. The van der Waals surface area contributed by atoms with Crippen LogP contribution in [0.15, 0.2) is 42.5 Å². The molecule has 0 unspecified atom stereocenters. The second-order valence-electron chi connectivity index (χ2n) is 7.79. The Bertz CT molecular complexity index is 954. The molecule has 140 valence electrons. The van der Waals surface area contributed by atoms with Gasteiger partial charge in [-0.05, 0) is 74.7 Å². The van der Waals surface area contributed by atoms with Gasteiger partial charge in [-0.2, -0.15) is 0 Å². The van der Waals surface area contributed by atoms with E-state index in [1.807, 2.05) is 18.2 Å². The minimum Gasteiger partial charge on any atom is -0.358 e. The lowest BCUT2D eigenvalue weighted by atomic mass is 9.95. The van der Waals surface area contributed by atoms with Gasteiger partial charge in [0.1, 0.15) is 0 Å². The normalized spacial score (nSPS) is 13.7. The predicted molar refractivity (Wildman–Crippen MR) is 110 cm³/mol. The van der Waals surface area contributed by atoms with E-state index in [-0.39, 0.29) is 5.91 Å². The third-order valence-electron chi connectivity index (χ3n) is 5.34. The SMILES string of the molecule is CN(C)Cc1ccc(CNC(=O)c2ccc3[nH]c4c(c3c2)CCCC4)cc1. The molecule has 1 aliphatic rings. The highest BCUT2D eigenvalue weighted by molar-refractivity contribution is 5.99. The van der Waals surface area contributed by atoms with Crippen LogP contribution >= 0.6 is 0 Å². The average Bonchev–Trinajstić information content (AvgIpc) is 3.04. The van der Waals surface area contributed by atoms with E-state index < -0.39 is 0 Å². The van der Waals surface area contributed by atoms with E-state index in [9.17, 15) is 4.79 Å². The molecule has 2 aromatic carbocycles. The number of aromatic nitrogens is 1. The summed E-state index contributed by atoms with van der Waals surface area (Å²) in [5.41, 5.74) is 7.03. The van der Waals surface area contributed by atoms with Crippen molar-refractivity contribution in [2.75, 3.05) is 14.1 Å². The van der Waals surface area contributed by atoms with Gasteiger partial charge < -0.3 is 15.2 Å². The highest BCUT2D eigenvalue weighted by atomic mass is 16.1. The van der Waals surface area contributed by atoms with Crippen molar-refractivity contribution in [3.63, 3.8) is 0 Å². The molecule has 4 rings (SSSR count). The number of nitrogens with zero attached hydrogens (tertiary/aromatic N) is 1. The van der Waals surface area contributed by atoms with E-state index in [1.54, 1.807) is 0 Å². The van der Waals surface area contributed by atoms with E-state index in [2.05, 4.69) is 53.6 Å². The van der Waals surface area contributed by atoms with Gasteiger partial charge in [0.2, 0.25) is 0 Å². The van der Waals surface area contributed by atoms with Crippen molar-refractivity contribution >= 4 is 16.8 Å². The number of fused-ring (bicyclic) bond motifs is 3. The Morgan fingerprint density at radius 3 is 2.56 bits per heavy atom. The van der Waals surface area contributed by atoms with Gasteiger partial charge in [0, 0.05) is 35.2 Å².